The van der Waals surface area contributed by atoms with E-state index in [0.29, 0.717) is 5.52 Å². The minimum atomic E-state index is -4.29. The number of carbonyl (C=O) groups excluding carboxylic acids is 2. The van der Waals surface area contributed by atoms with Crippen molar-refractivity contribution in [3.8, 4) is 5.88 Å². The highest BCUT2D eigenvalue weighted by Gasteiger charge is 2.85. The average molecular weight is 714 g/mol. The van der Waals surface area contributed by atoms with E-state index in [4.69, 9.17) is 29.2 Å². The zero-order chi connectivity index (χ0) is 36.6. The summed E-state index contributed by atoms with van der Waals surface area (Å²) >= 11 is 0. The van der Waals surface area contributed by atoms with Crippen molar-refractivity contribution in [2.24, 2.45) is 11.8 Å². The predicted octanol–water partition coefficient (Wildman–Crippen LogP) is 2.17. The number of nitrogen functional groups attached to an aromatic ring is 1. The lowest BCUT2D eigenvalue weighted by atomic mass is 10.0. The molecule has 4 rings (SSSR count). The number of hydrogen-bond acceptors (Lipinski definition) is 14. The third kappa shape index (κ3) is 6.90. The van der Waals surface area contributed by atoms with Crippen LogP contribution >= 0.6 is 7.67 Å². The lowest BCUT2D eigenvalue weighted by Crippen LogP contribution is -2.48. The van der Waals surface area contributed by atoms with E-state index < -0.39 is 67.8 Å². The number of aliphatic hydroxyl groups is 2. The van der Waals surface area contributed by atoms with Crippen LogP contribution in [0.25, 0.3) is 11.2 Å². The van der Waals surface area contributed by atoms with E-state index in [1.54, 1.807) is 25.3 Å². The molecule has 49 heavy (non-hydrogen) atoms. The van der Waals surface area contributed by atoms with Crippen molar-refractivity contribution < 1.29 is 47.8 Å². The molecule has 18 heteroatoms. The lowest BCUT2D eigenvalue weighted by molar-refractivity contribution is -0.148. The zero-order valence-corrected chi connectivity index (χ0v) is 30.9. The quantitative estimate of drug-likeness (QED) is 0.158. The van der Waals surface area contributed by atoms with Gasteiger partial charge in [-0.2, -0.15) is 9.97 Å². The summed E-state index contributed by atoms with van der Waals surface area (Å²) in [5.74, 6) is -1.09. The van der Waals surface area contributed by atoms with Crippen molar-refractivity contribution in [1.82, 2.24) is 28.9 Å². The summed E-state index contributed by atoms with van der Waals surface area (Å²) in [5, 5.41) is 23.4. The van der Waals surface area contributed by atoms with E-state index in [2.05, 4.69) is 15.0 Å². The monoisotopic (exact) mass is 713 g/mol. The molecule has 17 nitrogen and oxygen atoms in total. The number of fused-ring (bicyclic) bond motifs is 2. The number of aliphatic hydroxyl groups excluding tert-OH is 1. The predicted molar refractivity (Wildman–Crippen MR) is 178 cm³/mol. The number of nitrogens with zero attached hydrogens (tertiary/aromatic N) is 6. The smallest absolute Gasteiger partial charge is 0.347 e. The average Bonchev–Trinajstić information content (AvgIpc) is 3.24. The highest BCUT2D eigenvalue weighted by molar-refractivity contribution is 7.54. The van der Waals surface area contributed by atoms with Gasteiger partial charge in [-0.05, 0) is 59.5 Å². The number of aromatic nitrogens is 4. The molecular formula is C31H52N7O10P. The molecule has 1 saturated carbocycles. The Morgan fingerprint density at radius 1 is 1.06 bits per heavy atom. The standard InChI is InChI=1S/C31H52N7O10P/c1-11-45-26(40)19(13-17(3)4)36(8)49(43,37(9)20(14-18(5)6)27(41)46-12-2)47-15-21-23(39)31(42)28(30(31,7)48-21)38-16-33-22-24(38)34-29(32)35-25(22)44-10/h16-21,23,28,39,42H,11-15H2,1-10H3,(H2,32,34,35). The van der Waals surface area contributed by atoms with Crippen LogP contribution in [0.15, 0.2) is 6.33 Å². The zero-order valence-electron chi connectivity index (χ0n) is 30.0. The molecule has 2 fully saturated rings. The largest absolute Gasteiger partial charge is 0.479 e. The summed E-state index contributed by atoms with van der Waals surface area (Å²) in [6, 6.07) is -2.82. The van der Waals surface area contributed by atoms with Gasteiger partial charge in [-0.15, -0.1) is 0 Å². The Labute approximate surface area is 286 Å². The Kier molecular flexibility index (Phi) is 11.7. The van der Waals surface area contributed by atoms with Crippen LogP contribution in [0.1, 0.15) is 67.3 Å². The highest BCUT2D eigenvalue weighted by atomic mass is 31.2. The molecule has 3 heterocycles. The van der Waals surface area contributed by atoms with Gasteiger partial charge in [0.05, 0.1) is 33.3 Å². The molecule has 0 radical (unpaired) electrons. The van der Waals surface area contributed by atoms with E-state index in [0.717, 1.165) is 0 Å². The molecule has 4 N–H and O–H groups in total. The molecule has 276 valence electrons. The van der Waals surface area contributed by atoms with Crippen LogP contribution in [0, 0.1) is 11.8 Å². The van der Waals surface area contributed by atoms with E-state index in [9.17, 15) is 19.8 Å². The van der Waals surface area contributed by atoms with E-state index in [1.807, 2.05) is 27.7 Å². The van der Waals surface area contributed by atoms with Crippen LogP contribution in [0.4, 0.5) is 5.95 Å². The van der Waals surface area contributed by atoms with Gasteiger partial charge in [-0.3, -0.25) is 14.2 Å². The lowest BCUT2D eigenvalue weighted by Gasteiger charge is -2.41. The topological polar surface area (TPSA) is 214 Å². The third-order valence-corrected chi connectivity index (χ3v) is 12.0. The molecule has 0 aromatic carbocycles. The molecule has 1 aliphatic heterocycles. The number of methoxy groups -OCH3 is 1. The third-order valence-electron chi connectivity index (χ3n) is 9.34. The molecule has 2 aromatic heterocycles. The van der Waals surface area contributed by atoms with Crippen LogP contribution < -0.4 is 10.5 Å². The Morgan fingerprint density at radius 2 is 1.59 bits per heavy atom. The molecule has 2 aromatic rings. The van der Waals surface area contributed by atoms with Crippen molar-refractivity contribution in [1.29, 1.82) is 0 Å². The summed E-state index contributed by atoms with van der Waals surface area (Å²) in [6.45, 7) is 12.4. The Hall–Kier alpha value is -2.92. The number of nitrogens with two attached hydrogens (primary N) is 1. The SMILES string of the molecule is CCOC(=O)C(CC(C)C)N(C)P(=O)(OCC1OC2(C)C(n3cnc4c(OC)nc(N)nc43)C2(O)C1O)N(C)C(CC(C)C)C(=O)OCC. The van der Waals surface area contributed by atoms with Gasteiger partial charge >= 0.3 is 19.6 Å². The van der Waals surface area contributed by atoms with Crippen molar-refractivity contribution in [2.75, 3.05) is 46.8 Å². The second-order valence-electron chi connectivity index (χ2n) is 13.6. The van der Waals surface area contributed by atoms with Crippen molar-refractivity contribution in [3.05, 3.63) is 6.33 Å². The number of esters is 2. The van der Waals surface area contributed by atoms with Gasteiger partial charge < -0.3 is 44.0 Å². The fourth-order valence-corrected chi connectivity index (χ4v) is 9.03. The van der Waals surface area contributed by atoms with Crippen LogP contribution in [0.2, 0.25) is 0 Å². The number of likely N-dealkylation sites (N-methyl/N-ethyl adjacent to an activating group) is 2. The van der Waals surface area contributed by atoms with Crippen LogP contribution in [0.5, 0.6) is 5.88 Å². The maximum absolute atomic E-state index is 15.2. The first-order chi connectivity index (χ1) is 22.9. The van der Waals surface area contributed by atoms with Gasteiger partial charge in [0.1, 0.15) is 41.5 Å². The van der Waals surface area contributed by atoms with Gasteiger partial charge in [0.25, 0.3) is 0 Å². The van der Waals surface area contributed by atoms with E-state index in [1.165, 1.54) is 36.9 Å². The molecule has 0 bridgehead atoms. The Balaban J connectivity index is 1.66. The minimum Gasteiger partial charge on any atom is -0.479 e. The molecule has 1 aliphatic carbocycles. The molecule has 1 saturated heterocycles. The van der Waals surface area contributed by atoms with E-state index in [-0.39, 0.29) is 55.4 Å². The molecular weight excluding hydrogens is 661 g/mol. The molecule has 7 atom stereocenters. The van der Waals surface area contributed by atoms with Crippen molar-refractivity contribution >= 4 is 36.7 Å². The Bertz CT molecular complexity index is 1520. The highest BCUT2D eigenvalue weighted by Crippen LogP contribution is 2.68. The first-order valence-corrected chi connectivity index (χ1v) is 18.1. The van der Waals surface area contributed by atoms with Gasteiger partial charge in [-0.25, -0.2) is 14.3 Å². The number of ether oxygens (including phenoxy) is 4. The fourth-order valence-electron chi connectivity index (χ4n) is 6.80. The van der Waals surface area contributed by atoms with E-state index >= 15 is 4.57 Å². The first kappa shape index (κ1) is 38.9. The molecule has 0 amide bonds. The Morgan fingerprint density at radius 3 is 2.02 bits per heavy atom. The van der Waals surface area contributed by atoms with Crippen LogP contribution in [-0.4, -0.2) is 128 Å². The van der Waals surface area contributed by atoms with Gasteiger partial charge in [0.15, 0.2) is 11.2 Å². The summed E-state index contributed by atoms with van der Waals surface area (Å²) in [6.07, 6.45) is -0.669. The van der Waals surface area contributed by atoms with Crippen LogP contribution in [0.3, 0.4) is 0 Å². The van der Waals surface area contributed by atoms with Crippen molar-refractivity contribution in [2.45, 2.75) is 103 Å². The number of imidazole rings is 1. The van der Waals surface area contributed by atoms with Crippen molar-refractivity contribution in [3.63, 3.8) is 0 Å². The first-order valence-electron chi connectivity index (χ1n) is 16.6. The second kappa shape index (κ2) is 14.7. The number of anilines is 1. The summed E-state index contributed by atoms with van der Waals surface area (Å²) < 4.78 is 47.9. The number of rotatable bonds is 17. The molecule has 0 spiro atoms. The van der Waals surface area contributed by atoms with Crippen LogP contribution in [-0.2, 0) is 32.9 Å². The summed E-state index contributed by atoms with van der Waals surface area (Å²) in [5.41, 5.74) is 3.31. The van der Waals surface area contributed by atoms with Gasteiger partial charge in [0, 0.05) is 0 Å². The normalized spacial score (nSPS) is 27.4. The molecule has 2 aliphatic rings. The fraction of sp³-hybridized carbons (Fsp3) is 0.774. The maximum Gasteiger partial charge on any atom is 0.347 e. The summed E-state index contributed by atoms with van der Waals surface area (Å²) in [4.78, 5) is 39.1. The minimum absolute atomic E-state index is 0.00482. The number of hydrogen-bond donors (Lipinski definition) is 3. The number of carbonyl (C=O) groups is 2. The second-order valence-corrected chi connectivity index (χ2v) is 16.1. The summed E-state index contributed by atoms with van der Waals surface area (Å²) in [7, 11) is 0.101. The van der Waals surface area contributed by atoms with Gasteiger partial charge in [0.2, 0.25) is 11.8 Å². The molecule has 7 unspecified atom stereocenters. The van der Waals surface area contributed by atoms with Gasteiger partial charge in [-0.1, -0.05) is 27.7 Å². The maximum atomic E-state index is 15.2.